The standard InChI is InChI=1S/C16H16N2OS/c1-10-14(20-15(17-10)12-6-7-12)16(19)18-9-8-11-4-2-3-5-13(11)18/h2-5,12H,6-9H2,1H3. The van der Waals surface area contributed by atoms with Crippen LogP contribution in [0, 0.1) is 6.92 Å². The summed E-state index contributed by atoms with van der Waals surface area (Å²) in [4.78, 5) is 20.1. The summed E-state index contributed by atoms with van der Waals surface area (Å²) in [5.41, 5.74) is 3.23. The van der Waals surface area contributed by atoms with Crippen LogP contribution in [-0.4, -0.2) is 17.4 Å². The van der Waals surface area contributed by atoms with Gasteiger partial charge >= 0.3 is 0 Å². The van der Waals surface area contributed by atoms with Crippen LogP contribution in [0.5, 0.6) is 0 Å². The van der Waals surface area contributed by atoms with Gasteiger partial charge in [0.25, 0.3) is 5.91 Å². The fourth-order valence-electron chi connectivity index (χ4n) is 2.79. The van der Waals surface area contributed by atoms with Crippen LogP contribution in [0.1, 0.15) is 44.7 Å². The van der Waals surface area contributed by atoms with Gasteiger partial charge < -0.3 is 4.90 Å². The van der Waals surface area contributed by atoms with Crippen LogP contribution < -0.4 is 4.90 Å². The monoisotopic (exact) mass is 284 g/mol. The van der Waals surface area contributed by atoms with Crippen molar-refractivity contribution in [3.63, 3.8) is 0 Å². The molecule has 0 saturated heterocycles. The van der Waals surface area contributed by atoms with Crippen LogP contribution in [0.15, 0.2) is 24.3 Å². The molecule has 1 aliphatic carbocycles. The summed E-state index contributed by atoms with van der Waals surface area (Å²) in [6, 6.07) is 8.19. The quantitative estimate of drug-likeness (QED) is 0.845. The summed E-state index contributed by atoms with van der Waals surface area (Å²) >= 11 is 1.60. The van der Waals surface area contributed by atoms with Crippen LogP contribution >= 0.6 is 11.3 Å². The number of hydrogen-bond acceptors (Lipinski definition) is 3. The van der Waals surface area contributed by atoms with Crippen LogP contribution in [0.3, 0.4) is 0 Å². The summed E-state index contributed by atoms with van der Waals surface area (Å²) in [5, 5.41) is 1.15. The van der Waals surface area contributed by atoms with Gasteiger partial charge in [-0.25, -0.2) is 4.98 Å². The minimum absolute atomic E-state index is 0.122. The molecule has 2 aromatic rings. The molecule has 4 rings (SSSR count). The predicted molar refractivity (Wildman–Crippen MR) is 80.6 cm³/mol. The highest BCUT2D eigenvalue weighted by atomic mass is 32.1. The number of nitrogens with zero attached hydrogens (tertiary/aromatic N) is 2. The molecule has 3 nitrogen and oxygen atoms in total. The van der Waals surface area contributed by atoms with E-state index in [0.717, 1.165) is 34.2 Å². The number of hydrogen-bond donors (Lipinski definition) is 0. The van der Waals surface area contributed by atoms with Crippen LogP contribution in [-0.2, 0) is 6.42 Å². The molecule has 102 valence electrons. The number of rotatable bonds is 2. The molecular formula is C16H16N2OS. The lowest BCUT2D eigenvalue weighted by atomic mass is 10.2. The maximum absolute atomic E-state index is 12.8. The predicted octanol–water partition coefficient (Wildman–Crippen LogP) is 3.53. The number of benzene rings is 1. The van der Waals surface area contributed by atoms with E-state index in [-0.39, 0.29) is 5.91 Å². The Labute approximate surface area is 122 Å². The Balaban J connectivity index is 1.68. The molecule has 0 bridgehead atoms. The highest BCUT2D eigenvalue weighted by Gasteiger charge is 2.32. The van der Waals surface area contributed by atoms with Gasteiger partial charge in [0, 0.05) is 18.2 Å². The topological polar surface area (TPSA) is 33.2 Å². The van der Waals surface area contributed by atoms with Crippen LogP contribution in [0.2, 0.25) is 0 Å². The van der Waals surface area contributed by atoms with Gasteiger partial charge in [0.1, 0.15) is 4.88 Å². The second-order valence-electron chi connectivity index (χ2n) is 5.58. The van der Waals surface area contributed by atoms with Crippen LogP contribution in [0.4, 0.5) is 5.69 Å². The number of para-hydroxylation sites is 1. The highest BCUT2D eigenvalue weighted by molar-refractivity contribution is 7.14. The summed E-state index contributed by atoms with van der Waals surface area (Å²) in [5.74, 6) is 0.739. The van der Waals surface area contributed by atoms with Gasteiger partial charge in [-0.05, 0) is 37.8 Å². The van der Waals surface area contributed by atoms with Crippen molar-refractivity contribution in [3.05, 3.63) is 45.4 Å². The first-order valence-corrected chi connectivity index (χ1v) is 7.93. The average molecular weight is 284 g/mol. The number of carbonyl (C=O) groups is 1. The van der Waals surface area contributed by atoms with E-state index in [2.05, 4.69) is 11.1 Å². The van der Waals surface area contributed by atoms with Gasteiger partial charge in [-0.2, -0.15) is 0 Å². The van der Waals surface area contributed by atoms with E-state index in [1.165, 1.54) is 18.4 Å². The lowest BCUT2D eigenvalue weighted by molar-refractivity contribution is 0.0992. The third-order valence-electron chi connectivity index (χ3n) is 4.07. The van der Waals surface area contributed by atoms with Gasteiger partial charge in [-0.15, -0.1) is 11.3 Å². The Bertz CT molecular complexity index is 688. The molecule has 0 radical (unpaired) electrons. The van der Waals surface area contributed by atoms with Crippen molar-refractivity contribution in [2.45, 2.75) is 32.1 Å². The van der Waals surface area contributed by atoms with Crippen molar-refractivity contribution >= 4 is 22.9 Å². The third-order valence-corrected chi connectivity index (χ3v) is 5.37. The van der Waals surface area contributed by atoms with E-state index < -0.39 is 0 Å². The van der Waals surface area contributed by atoms with Gasteiger partial charge in [0.05, 0.1) is 10.7 Å². The molecule has 1 aromatic heterocycles. The fourth-order valence-corrected chi connectivity index (χ4v) is 3.98. The van der Waals surface area contributed by atoms with Crippen molar-refractivity contribution in [3.8, 4) is 0 Å². The smallest absolute Gasteiger partial charge is 0.270 e. The number of fused-ring (bicyclic) bond motifs is 1. The van der Waals surface area contributed by atoms with Crippen molar-refractivity contribution < 1.29 is 4.79 Å². The van der Waals surface area contributed by atoms with E-state index in [1.54, 1.807) is 11.3 Å². The Morgan fingerprint density at radius 3 is 2.95 bits per heavy atom. The zero-order valence-corrected chi connectivity index (χ0v) is 12.2. The molecule has 1 saturated carbocycles. The molecule has 0 atom stereocenters. The lowest BCUT2D eigenvalue weighted by Gasteiger charge is -2.16. The van der Waals surface area contributed by atoms with Crippen molar-refractivity contribution in [2.24, 2.45) is 0 Å². The zero-order valence-electron chi connectivity index (χ0n) is 11.4. The Morgan fingerprint density at radius 2 is 2.15 bits per heavy atom. The number of aromatic nitrogens is 1. The molecule has 2 aliphatic rings. The Kier molecular flexibility index (Phi) is 2.67. The molecule has 1 aromatic carbocycles. The zero-order chi connectivity index (χ0) is 13.7. The minimum atomic E-state index is 0.122. The van der Waals surface area contributed by atoms with Gasteiger partial charge in [0.15, 0.2) is 0 Å². The van der Waals surface area contributed by atoms with E-state index in [9.17, 15) is 4.79 Å². The molecule has 4 heteroatoms. The lowest BCUT2D eigenvalue weighted by Crippen LogP contribution is -2.28. The van der Waals surface area contributed by atoms with Crippen molar-refractivity contribution in [2.75, 3.05) is 11.4 Å². The molecule has 1 amide bonds. The summed E-state index contributed by atoms with van der Waals surface area (Å²) in [6.45, 7) is 2.74. The minimum Gasteiger partial charge on any atom is -0.307 e. The number of carbonyl (C=O) groups excluding carboxylic acids is 1. The summed E-state index contributed by atoms with van der Waals surface area (Å²) in [7, 11) is 0. The van der Waals surface area contributed by atoms with Crippen molar-refractivity contribution in [1.82, 2.24) is 4.98 Å². The second kappa shape index (κ2) is 4.42. The van der Waals surface area contributed by atoms with E-state index in [4.69, 9.17) is 0 Å². The molecule has 1 aliphatic heterocycles. The SMILES string of the molecule is Cc1nc(C2CC2)sc1C(=O)N1CCc2ccccc21. The summed E-state index contributed by atoms with van der Waals surface area (Å²) < 4.78 is 0. The first-order chi connectivity index (χ1) is 9.74. The molecule has 0 N–H and O–H groups in total. The molecule has 1 fully saturated rings. The first kappa shape index (κ1) is 12.1. The Hall–Kier alpha value is -1.68. The number of thiazole rings is 1. The normalized spacial score (nSPS) is 17.4. The highest BCUT2D eigenvalue weighted by Crippen LogP contribution is 2.43. The fraction of sp³-hybridized carbons (Fsp3) is 0.375. The molecule has 0 unspecified atom stereocenters. The summed E-state index contributed by atoms with van der Waals surface area (Å²) in [6.07, 6.45) is 3.41. The van der Waals surface area contributed by atoms with Crippen molar-refractivity contribution in [1.29, 1.82) is 0 Å². The maximum Gasteiger partial charge on any atom is 0.270 e. The number of anilines is 1. The average Bonchev–Trinajstić information content (AvgIpc) is 3.10. The van der Waals surface area contributed by atoms with Crippen LogP contribution in [0.25, 0.3) is 0 Å². The molecular weight excluding hydrogens is 268 g/mol. The number of aryl methyl sites for hydroxylation is 1. The largest absolute Gasteiger partial charge is 0.307 e. The van der Waals surface area contributed by atoms with Gasteiger partial charge in [0.2, 0.25) is 0 Å². The molecule has 2 heterocycles. The number of amides is 1. The van der Waals surface area contributed by atoms with E-state index in [1.807, 2.05) is 30.0 Å². The van der Waals surface area contributed by atoms with E-state index in [0.29, 0.717) is 5.92 Å². The molecule has 0 spiro atoms. The molecule has 20 heavy (non-hydrogen) atoms. The third kappa shape index (κ3) is 1.86. The second-order valence-corrected chi connectivity index (χ2v) is 6.61. The van der Waals surface area contributed by atoms with Gasteiger partial charge in [-0.3, -0.25) is 4.79 Å². The maximum atomic E-state index is 12.8. The van der Waals surface area contributed by atoms with Gasteiger partial charge in [-0.1, -0.05) is 18.2 Å². The first-order valence-electron chi connectivity index (χ1n) is 7.11. The van der Waals surface area contributed by atoms with E-state index >= 15 is 0 Å². The Morgan fingerprint density at radius 1 is 1.35 bits per heavy atom.